The fourth-order valence-corrected chi connectivity index (χ4v) is 8.58. The number of rotatable bonds is 3. The zero-order valence-electron chi connectivity index (χ0n) is 17.2. The standard InChI is InChI=1S/C25H37N/c1-22(2)10-7-11-26(18-22)19-24-13-20-12-23(3,15-24)16-25(14-20,17-24)21-8-5-4-6-9-21/h4-6,8-9,20H,7,10-19H2,1-3H3/t20?,23-,24?,25+/m1/s1. The molecule has 0 aromatic heterocycles. The number of hydrogen-bond acceptors (Lipinski definition) is 1. The Bertz CT molecular complexity index is 679. The van der Waals surface area contributed by atoms with Crippen LogP contribution in [0, 0.1) is 22.2 Å². The molecule has 4 aliphatic carbocycles. The second-order valence-electron chi connectivity index (χ2n) is 11.9. The van der Waals surface area contributed by atoms with Crippen molar-refractivity contribution in [2.24, 2.45) is 22.2 Å². The molecule has 1 heteroatoms. The van der Waals surface area contributed by atoms with E-state index in [0.717, 1.165) is 5.92 Å². The SMILES string of the molecule is CC1(C)CCCN(CC23CC4C[C@](C)(C2)C[C@@](c2ccccc2)(C4)C3)C1. The highest BCUT2D eigenvalue weighted by Crippen LogP contribution is 2.70. The Labute approximate surface area is 160 Å². The lowest BCUT2D eigenvalue weighted by Gasteiger charge is -2.67. The van der Waals surface area contributed by atoms with E-state index in [-0.39, 0.29) is 0 Å². The molecule has 26 heavy (non-hydrogen) atoms. The second-order valence-corrected chi connectivity index (χ2v) is 11.9. The minimum Gasteiger partial charge on any atom is -0.302 e. The van der Waals surface area contributed by atoms with Crippen molar-refractivity contribution in [3.63, 3.8) is 0 Å². The molecule has 1 heterocycles. The smallest absolute Gasteiger partial charge is 0.00388 e. The molecule has 0 spiro atoms. The molecule has 0 amide bonds. The summed E-state index contributed by atoms with van der Waals surface area (Å²) in [5, 5.41) is 0. The van der Waals surface area contributed by atoms with Crippen LogP contribution >= 0.6 is 0 Å². The first kappa shape index (κ1) is 17.3. The van der Waals surface area contributed by atoms with Gasteiger partial charge in [0, 0.05) is 13.1 Å². The van der Waals surface area contributed by atoms with Gasteiger partial charge in [-0.2, -0.15) is 0 Å². The number of likely N-dealkylation sites (tertiary alicyclic amines) is 1. The number of nitrogens with zero attached hydrogens (tertiary/aromatic N) is 1. The predicted octanol–water partition coefficient (Wildman–Crippen LogP) is 6.04. The lowest BCUT2D eigenvalue weighted by molar-refractivity contribution is -0.132. The summed E-state index contributed by atoms with van der Waals surface area (Å²) in [5.41, 5.74) is 3.80. The number of hydrogen-bond donors (Lipinski definition) is 0. The van der Waals surface area contributed by atoms with Crippen LogP contribution in [-0.2, 0) is 5.41 Å². The molecule has 5 aliphatic rings. The predicted molar refractivity (Wildman–Crippen MR) is 109 cm³/mol. The summed E-state index contributed by atoms with van der Waals surface area (Å²) < 4.78 is 0. The molecular formula is C25H37N. The van der Waals surface area contributed by atoms with Crippen LogP contribution in [-0.4, -0.2) is 24.5 Å². The van der Waals surface area contributed by atoms with E-state index in [9.17, 15) is 0 Å². The molecular weight excluding hydrogens is 314 g/mol. The second kappa shape index (κ2) is 5.60. The Hall–Kier alpha value is -0.820. The highest BCUT2D eigenvalue weighted by Gasteiger charge is 2.62. The molecule has 4 atom stereocenters. The van der Waals surface area contributed by atoms with E-state index >= 15 is 0 Å². The van der Waals surface area contributed by atoms with E-state index in [1.807, 2.05) is 0 Å². The Morgan fingerprint density at radius 3 is 2.50 bits per heavy atom. The largest absolute Gasteiger partial charge is 0.302 e. The monoisotopic (exact) mass is 351 g/mol. The van der Waals surface area contributed by atoms with Crippen LogP contribution in [0.4, 0.5) is 0 Å². The molecule has 0 radical (unpaired) electrons. The third-order valence-electron chi connectivity index (χ3n) is 8.39. The topological polar surface area (TPSA) is 3.24 Å². The summed E-state index contributed by atoms with van der Waals surface area (Å²) in [4.78, 5) is 2.86. The molecule has 4 bridgehead atoms. The van der Waals surface area contributed by atoms with E-state index in [1.54, 1.807) is 5.56 Å². The summed E-state index contributed by atoms with van der Waals surface area (Å²) in [6.45, 7) is 11.6. The summed E-state index contributed by atoms with van der Waals surface area (Å²) in [7, 11) is 0. The summed E-state index contributed by atoms with van der Waals surface area (Å²) in [6, 6.07) is 11.6. The molecule has 1 aromatic rings. The van der Waals surface area contributed by atoms with E-state index in [4.69, 9.17) is 0 Å². The van der Waals surface area contributed by atoms with Crippen LogP contribution in [0.5, 0.6) is 0 Å². The van der Waals surface area contributed by atoms with Crippen molar-refractivity contribution in [2.45, 2.75) is 77.6 Å². The lowest BCUT2D eigenvalue weighted by atomic mass is 9.39. The van der Waals surface area contributed by atoms with Gasteiger partial charge in [-0.1, -0.05) is 51.1 Å². The first-order valence-corrected chi connectivity index (χ1v) is 11.1. The Morgan fingerprint density at radius 2 is 1.77 bits per heavy atom. The Balaban J connectivity index is 1.46. The third-order valence-corrected chi connectivity index (χ3v) is 8.39. The van der Waals surface area contributed by atoms with Gasteiger partial charge in [-0.3, -0.25) is 0 Å². The van der Waals surface area contributed by atoms with E-state index < -0.39 is 0 Å². The zero-order chi connectivity index (χ0) is 18.0. The van der Waals surface area contributed by atoms with E-state index in [1.165, 1.54) is 71.0 Å². The quantitative estimate of drug-likeness (QED) is 0.642. The molecule has 1 nitrogen and oxygen atoms in total. The van der Waals surface area contributed by atoms with Gasteiger partial charge in [0.2, 0.25) is 0 Å². The van der Waals surface area contributed by atoms with Crippen molar-refractivity contribution in [1.29, 1.82) is 0 Å². The molecule has 4 saturated carbocycles. The highest BCUT2D eigenvalue weighted by molar-refractivity contribution is 5.31. The van der Waals surface area contributed by atoms with Crippen LogP contribution < -0.4 is 0 Å². The van der Waals surface area contributed by atoms with Crippen molar-refractivity contribution in [3.8, 4) is 0 Å². The van der Waals surface area contributed by atoms with Crippen molar-refractivity contribution < 1.29 is 0 Å². The fourth-order valence-electron chi connectivity index (χ4n) is 8.58. The maximum absolute atomic E-state index is 2.86. The van der Waals surface area contributed by atoms with Crippen LogP contribution in [0.3, 0.4) is 0 Å². The summed E-state index contributed by atoms with van der Waals surface area (Å²) in [5.74, 6) is 0.967. The molecule has 6 rings (SSSR count). The van der Waals surface area contributed by atoms with Crippen LogP contribution in [0.2, 0.25) is 0 Å². The zero-order valence-corrected chi connectivity index (χ0v) is 17.2. The maximum Gasteiger partial charge on any atom is 0.00388 e. The van der Waals surface area contributed by atoms with Crippen molar-refractivity contribution >= 4 is 0 Å². The number of piperidine rings is 1. The van der Waals surface area contributed by atoms with Gasteiger partial charge in [-0.15, -0.1) is 0 Å². The van der Waals surface area contributed by atoms with Gasteiger partial charge in [0.25, 0.3) is 0 Å². The van der Waals surface area contributed by atoms with Gasteiger partial charge in [0.05, 0.1) is 0 Å². The van der Waals surface area contributed by atoms with Gasteiger partial charge < -0.3 is 4.90 Å². The van der Waals surface area contributed by atoms with Gasteiger partial charge in [0.1, 0.15) is 0 Å². The van der Waals surface area contributed by atoms with Gasteiger partial charge in [0.15, 0.2) is 0 Å². The average molecular weight is 352 g/mol. The highest BCUT2D eigenvalue weighted by atomic mass is 15.1. The first-order chi connectivity index (χ1) is 12.3. The molecule has 142 valence electrons. The normalized spacial score (nSPS) is 44.3. The summed E-state index contributed by atoms with van der Waals surface area (Å²) >= 11 is 0. The van der Waals surface area contributed by atoms with E-state index in [0.29, 0.717) is 21.7 Å². The lowest BCUT2D eigenvalue weighted by Crippen LogP contribution is -2.61. The minimum absolute atomic E-state index is 0.473. The van der Waals surface area contributed by atoms with Crippen molar-refractivity contribution in [1.82, 2.24) is 4.90 Å². The third kappa shape index (κ3) is 2.86. The molecule has 1 aliphatic heterocycles. The van der Waals surface area contributed by atoms with Crippen molar-refractivity contribution in [3.05, 3.63) is 35.9 Å². The van der Waals surface area contributed by atoms with Crippen molar-refractivity contribution in [2.75, 3.05) is 19.6 Å². The summed E-state index contributed by atoms with van der Waals surface area (Å²) in [6.07, 6.45) is 11.6. The van der Waals surface area contributed by atoms with Crippen LogP contribution in [0.15, 0.2) is 30.3 Å². The molecule has 5 fully saturated rings. The van der Waals surface area contributed by atoms with Gasteiger partial charge in [-0.25, -0.2) is 0 Å². The van der Waals surface area contributed by atoms with Crippen LogP contribution in [0.1, 0.15) is 77.7 Å². The molecule has 2 unspecified atom stereocenters. The Morgan fingerprint density at radius 1 is 0.962 bits per heavy atom. The molecule has 1 saturated heterocycles. The van der Waals surface area contributed by atoms with Crippen LogP contribution in [0.25, 0.3) is 0 Å². The number of benzene rings is 1. The molecule has 0 N–H and O–H groups in total. The average Bonchev–Trinajstić information content (AvgIpc) is 2.52. The maximum atomic E-state index is 2.86. The molecule has 1 aromatic carbocycles. The fraction of sp³-hybridized carbons (Fsp3) is 0.760. The Kier molecular flexibility index (Phi) is 3.72. The first-order valence-electron chi connectivity index (χ1n) is 11.1. The van der Waals surface area contributed by atoms with Gasteiger partial charge in [-0.05, 0) is 91.1 Å². The van der Waals surface area contributed by atoms with Gasteiger partial charge >= 0.3 is 0 Å². The van der Waals surface area contributed by atoms with E-state index in [2.05, 4.69) is 56.0 Å². The minimum atomic E-state index is 0.473.